The van der Waals surface area contributed by atoms with Crippen LogP contribution in [0.3, 0.4) is 0 Å². The molecular formula is C11H10FN3O3. The molecule has 6 nitrogen and oxygen atoms in total. The van der Waals surface area contributed by atoms with Crippen molar-refractivity contribution in [1.82, 2.24) is 10.2 Å². The zero-order valence-electron chi connectivity index (χ0n) is 9.27. The number of halogens is 1. The molecule has 0 atom stereocenters. The molecule has 2 rings (SSSR count). The van der Waals surface area contributed by atoms with Gasteiger partial charge in [0.05, 0.1) is 5.56 Å². The lowest BCUT2D eigenvalue weighted by molar-refractivity contribution is -0.135. The van der Waals surface area contributed by atoms with Gasteiger partial charge in [0.1, 0.15) is 18.9 Å². The first-order valence-electron chi connectivity index (χ1n) is 5.14. The molecule has 0 radical (unpaired) electrons. The van der Waals surface area contributed by atoms with Gasteiger partial charge in [-0.25, -0.2) is 4.39 Å². The van der Waals surface area contributed by atoms with E-state index < -0.39 is 23.5 Å². The zero-order chi connectivity index (χ0) is 13.3. The average molecular weight is 251 g/mol. The Morgan fingerprint density at radius 3 is 2.50 bits per heavy atom. The van der Waals surface area contributed by atoms with Crippen molar-refractivity contribution in [2.45, 2.75) is 0 Å². The maximum atomic E-state index is 13.1. The van der Waals surface area contributed by atoms with Gasteiger partial charge in [0.25, 0.3) is 5.91 Å². The predicted octanol–water partition coefficient (Wildman–Crippen LogP) is -0.494. The van der Waals surface area contributed by atoms with Crippen LogP contribution in [0.15, 0.2) is 18.2 Å². The number of hydrogen-bond acceptors (Lipinski definition) is 4. The predicted molar refractivity (Wildman–Crippen MR) is 59.9 cm³/mol. The summed E-state index contributed by atoms with van der Waals surface area (Å²) in [5.41, 5.74) is 5.61. The van der Waals surface area contributed by atoms with Crippen molar-refractivity contribution in [3.63, 3.8) is 0 Å². The van der Waals surface area contributed by atoms with Gasteiger partial charge in [-0.1, -0.05) is 0 Å². The first-order valence-corrected chi connectivity index (χ1v) is 5.14. The van der Waals surface area contributed by atoms with E-state index in [1.807, 2.05) is 0 Å². The standard InChI is InChI=1S/C11H10FN3O3/c12-6-1-2-8(13)7(3-6)11(18)15-4-9(16)14-10(17)5-15/h1-3H,4-5,13H2,(H,14,16,17). The largest absolute Gasteiger partial charge is 0.398 e. The van der Waals surface area contributed by atoms with E-state index in [1.54, 1.807) is 0 Å². The van der Waals surface area contributed by atoms with Crippen molar-refractivity contribution in [3.8, 4) is 0 Å². The lowest BCUT2D eigenvalue weighted by Gasteiger charge is -2.25. The molecule has 0 aliphatic carbocycles. The number of carbonyl (C=O) groups excluding carboxylic acids is 3. The Morgan fingerprint density at radius 1 is 1.28 bits per heavy atom. The molecule has 18 heavy (non-hydrogen) atoms. The maximum absolute atomic E-state index is 13.1. The van der Waals surface area contributed by atoms with Gasteiger partial charge in [-0.2, -0.15) is 0 Å². The van der Waals surface area contributed by atoms with Crippen LogP contribution in [-0.4, -0.2) is 35.7 Å². The Morgan fingerprint density at radius 2 is 1.89 bits per heavy atom. The fraction of sp³-hybridized carbons (Fsp3) is 0.182. The van der Waals surface area contributed by atoms with E-state index in [9.17, 15) is 18.8 Å². The quantitative estimate of drug-likeness (QED) is 0.520. The summed E-state index contributed by atoms with van der Waals surface area (Å²) in [5.74, 6) is -2.40. The van der Waals surface area contributed by atoms with Crippen LogP contribution in [0.25, 0.3) is 0 Å². The highest BCUT2D eigenvalue weighted by Crippen LogP contribution is 2.16. The van der Waals surface area contributed by atoms with Crippen molar-refractivity contribution in [2.24, 2.45) is 0 Å². The van der Waals surface area contributed by atoms with Crippen molar-refractivity contribution < 1.29 is 18.8 Å². The number of amides is 3. The highest BCUT2D eigenvalue weighted by Gasteiger charge is 2.28. The van der Waals surface area contributed by atoms with Gasteiger partial charge >= 0.3 is 0 Å². The Hall–Kier alpha value is -2.44. The number of nitrogens with zero attached hydrogens (tertiary/aromatic N) is 1. The third-order valence-corrected chi connectivity index (χ3v) is 2.48. The van der Waals surface area contributed by atoms with Gasteiger partial charge in [0.2, 0.25) is 11.8 Å². The van der Waals surface area contributed by atoms with Gasteiger partial charge in [-0.05, 0) is 18.2 Å². The number of imide groups is 1. The summed E-state index contributed by atoms with van der Waals surface area (Å²) in [5, 5.41) is 2.06. The van der Waals surface area contributed by atoms with E-state index >= 15 is 0 Å². The van der Waals surface area contributed by atoms with Crippen molar-refractivity contribution in [2.75, 3.05) is 18.8 Å². The molecule has 3 amide bonds. The Labute approximate surface area is 102 Å². The lowest BCUT2D eigenvalue weighted by Crippen LogP contribution is -2.53. The molecule has 94 valence electrons. The Balaban J connectivity index is 2.28. The van der Waals surface area contributed by atoms with Gasteiger partial charge in [-0.15, -0.1) is 0 Å². The van der Waals surface area contributed by atoms with E-state index in [-0.39, 0.29) is 24.3 Å². The molecule has 1 heterocycles. The smallest absolute Gasteiger partial charge is 0.256 e. The third kappa shape index (κ3) is 2.29. The number of nitrogens with one attached hydrogen (secondary N) is 1. The second kappa shape index (κ2) is 4.44. The molecule has 1 saturated heterocycles. The first kappa shape index (κ1) is 12.0. The summed E-state index contributed by atoms with van der Waals surface area (Å²) >= 11 is 0. The molecule has 3 N–H and O–H groups in total. The van der Waals surface area contributed by atoms with Crippen LogP contribution in [-0.2, 0) is 9.59 Å². The number of hydrogen-bond donors (Lipinski definition) is 2. The summed E-state index contributed by atoms with van der Waals surface area (Å²) in [7, 11) is 0. The number of anilines is 1. The molecule has 0 bridgehead atoms. The minimum Gasteiger partial charge on any atom is -0.398 e. The normalized spacial score (nSPS) is 15.5. The van der Waals surface area contributed by atoms with Crippen molar-refractivity contribution in [3.05, 3.63) is 29.6 Å². The topological polar surface area (TPSA) is 92.5 Å². The summed E-state index contributed by atoms with van der Waals surface area (Å²) in [6, 6.07) is 3.36. The highest BCUT2D eigenvalue weighted by atomic mass is 19.1. The van der Waals surface area contributed by atoms with Crippen LogP contribution in [0.1, 0.15) is 10.4 Å². The zero-order valence-corrected chi connectivity index (χ0v) is 9.27. The van der Waals surface area contributed by atoms with Gasteiger partial charge in [0.15, 0.2) is 0 Å². The minimum atomic E-state index is -0.643. The van der Waals surface area contributed by atoms with Crippen molar-refractivity contribution in [1.29, 1.82) is 0 Å². The van der Waals surface area contributed by atoms with Crippen LogP contribution in [0.2, 0.25) is 0 Å². The van der Waals surface area contributed by atoms with E-state index in [2.05, 4.69) is 5.32 Å². The monoisotopic (exact) mass is 251 g/mol. The number of rotatable bonds is 1. The van der Waals surface area contributed by atoms with Gasteiger partial charge in [0, 0.05) is 5.69 Å². The van der Waals surface area contributed by atoms with E-state index in [0.29, 0.717) is 0 Å². The molecule has 0 aromatic heterocycles. The van der Waals surface area contributed by atoms with Crippen LogP contribution < -0.4 is 11.1 Å². The molecule has 0 saturated carbocycles. The average Bonchev–Trinajstić information content (AvgIpc) is 2.30. The molecule has 1 aliphatic rings. The molecule has 0 spiro atoms. The second-order valence-corrected chi connectivity index (χ2v) is 3.86. The number of benzene rings is 1. The summed E-state index contributed by atoms with van der Waals surface area (Å²) in [6.07, 6.45) is 0. The second-order valence-electron chi connectivity index (χ2n) is 3.86. The van der Waals surface area contributed by atoms with Gasteiger partial charge < -0.3 is 10.6 Å². The molecule has 1 aromatic carbocycles. The number of nitrogens with two attached hydrogens (primary N) is 1. The SMILES string of the molecule is Nc1ccc(F)cc1C(=O)N1CC(=O)NC(=O)C1. The van der Waals surface area contributed by atoms with E-state index in [4.69, 9.17) is 5.73 Å². The third-order valence-electron chi connectivity index (χ3n) is 2.48. The van der Waals surface area contributed by atoms with E-state index in [1.165, 1.54) is 6.07 Å². The highest BCUT2D eigenvalue weighted by molar-refractivity contribution is 6.07. The molecular weight excluding hydrogens is 241 g/mol. The first-order chi connectivity index (χ1) is 8.47. The summed E-state index contributed by atoms with van der Waals surface area (Å²) < 4.78 is 13.1. The minimum absolute atomic E-state index is 0.0579. The molecule has 1 aliphatic heterocycles. The Bertz CT molecular complexity index is 528. The lowest BCUT2D eigenvalue weighted by atomic mass is 10.1. The molecule has 7 heteroatoms. The maximum Gasteiger partial charge on any atom is 0.256 e. The molecule has 0 unspecified atom stereocenters. The summed E-state index contributed by atoms with van der Waals surface area (Å²) in [6.45, 7) is -0.499. The number of piperazine rings is 1. The van der Waals surface area contributed by atoms with Crippen molar-refractivity contribution >= 4 is 23.4 Å². The number of nitrogen functional groups attached to an aromatic ring is 1. The van der Waals surface area contributed by atoms with Crippen LogP contribution in [0.5, 0.6) is 0 Å². The van der Waals surface area contributed by atoms with Crippen LogP contribution in [0, 0.1) is 5.82 Å². The van der Waals surface area contributed by atoms with Crippen LogP contribution in [0.4, 0.5) is 10.1 Å². The van der Waals surface area contributed by atoms with E-state index in [0.717, 1.165) is 17.0 Å². The fourth-order valence-corrected chi connectivity index (χ4v) is 1.66. The Kier molecular flexibility index (Phi) is 2.97. The van der Waals surface area contributed by atoms with Crippen LogP contribution >= 0.6 is 0 Å². The summed E-state index contributed by atoms with van der Waals surface area (Å²) in [4.78, 5) is 35.3. The fourth-order valence-electron chi connectivity index (χ4n) is 1.66. The van der Waals surface area contributed by atoms with Gasteiger partial charge in [-0.3, -0.25) is 19.7 Å². The molecule has 1 fully saturated rings. The molecule has 1 aromatic rings. The number of carbonyl (C=O) groups is 3.